The highest BCUT2D eigenvalue weighted by atomic mass is 32.2. The van der Waals surface area contributed by atoms with Gasteiger partial charge in [0.1, 0.15) is 5.82 Å². The first kappa shape index (κ1) is 10.7. The molecular weight excluding hydrogens is 232 g/mol. The number of hydrogen-bond donors (Lipinski definition) is 1. The molecule has 1 aliphatic heterocycles. The lowest BCUT2D eigenvalue weighted by Gasteiger charge is -2.14. The summed E-state index contributed by atoms with van der Waals surface area (Å²) in [5, 5.41) is 0. The zero-order chi connectivity index (χ0) is 11.7. The zero-order valence-electron chi connectivity index (χ0n) is 9.41. The second-order valence-electron chi connectivity index (χ2n) is 4.17. The predicted molar refractivity (Wildman–Crippen MR) is 70.8 cm³/mol. The van der Waals surface area contributed by atoms with Gasteiger partial charge in [0, 0.05) is 23.6 Å². The molecule has 4 nitrogen and oxygen atoms in total. The third-order valence-electron chi connectivity index (χ3n) is 3.04. The largest absolute Gasteiger partial charge is 0.384 e. The lowest BCUT2D eigenvalue weighted by atomic mass is 10.1. The van der Waals surface area contributed by atoms with Crippen LogP contribution in [0.5, 0.6) is 0 Å². The third-order valence-corrected chi connectivity index (χ3v) is 4.19. The fourth-order valence-electron chi connectivity index (χ4n) is 2.17. The van der Waals surface area contributed by atoms with Crippen molar-refractivity contribution in [2.75, 3.05) is 17.2 Å². The van der Waals surface area contributed by atoms with E-state index in [2.05, 4.69) is 14.5 Å². The first-order chi connectivity index (χ1) is 8.34. The van der Waals surface area contributed by atoms with Crippen LogP contribution in [-0.2, 0) is 0 Å². The Morgan fingerprint density at radius 2 is 2.41 bits per heavy atom. The number of hydrogen-bond acceptors (Lipinski definition) is 4. The molecule has 0 bridgehead atoms. The van der Waals surface area contributed by atoms with Gasteiger partial charge in [0.05, 0.1) is 18.2 Å². The maximum Gasteiger partial charge on any atom is 0.123 e. The molecule has 2 aromatic rings. The Labute approximate surface area is 104 Å². The molecule has 1 fully saturated rings. The highest BCUT2D eigenvalue weighted by Crippen LogP contribution is 2.32. The van der Waals surface area contributed by atoms with Crippen LogP contribution in [0.15, 0.2) is 30.9 Å². The van der Waals surface area contributed by atoms with Gasteiger partial charge in [-0.1, -0.05) is 0 Å². The van der Waals surface area contributed by atoms with Crippen LogP contribution >= 0.6 is 11.8 Å². The van der Waals surface area contributed by atoms with E-state index in [0.29, 0.717) is 11.9 Å². The van der Waals surface area contributed by atoms with E-state index in [1.807, 2.05) is 36.4 Å². The molecule has 0 aromatic carbocycles. The molecule has 0 saturated carbocycles. The third kappa shape index (κ3) is 2.02. The van der Waals surface area contributed by atoms with Crippen LogP contribution in [0.2, 0.25) is 0 Å². The Balaban J connectivity index is 2.00. The van der Waals surface area contributed by atoms with E-state index in [9.17, 15) is 0 Å². The Morgan fingerprint density at radius 1 is 1.47 bits per heavy atom. The van der Waals surface area contributed by atoms with Crippen molar-refractivity contribution >= 4 is 17.6 Å². The molecule has 0 aliphatic carbocycles. The maximum absolute atomic E-state index is 5.72. The summed E-state index contributed by atoms with van der Waals surface area (Å²) in [6, 6.07) is 4.44. The van der Waals surface area contributed by atoms with Gasteiger partial charge in [0.2, 0.25) is 0 Å². The van der Waals surface area contributed by atoms with Crippen molar-refractivity contribution in [3.8, 4) is 11.3 Å². The van der Waals surface area contributed by atoms with E-state index in [0.717, 1.165) is 11.3 Å². The molecule has 1 atom stereocenters. The quantitative estimate of drug-likeness (QED) is 0.882. The van der Waals surface area contributed by atoms with Gasteiger partial charge in [-0.3, -0.25) is 0 Å². The van der Waals surface area contributed by atoms with Crippen LogP contribution in [0.25, 0.3) is 11.3 Å². The lowest BCUT2D eigenvalue weighted by Crippen LogP contribution is -2.08. The zero-order valence-corrected chi connectivity index (χ0v) is 10.2. The first-order valence-electron chi connectivity index (χ1n) is 5.66. The normalized spacial score (nSPS) is 19.6. The number of pyridine rings is 1. The molecule has 88 valence electrons. The van der Waals surface area contributed by atoms with Gasteiger partial charge in [0.25, 0.3) is 0 Å². The van der Waals surface area contributed by atoms with Crippen molar-refractivity contribution in [1.82, 2.24) is 14.5 Å². The van der Waals surface area contributed by atoms with Crippen LogP contribution in [-0.4, -0.2) is 26.0 Å². The summed E-state index contributed by atoms with van der Waals surface area (Å²) in [5.41, 5.74) is 7.94. The van der Waals surface area contributed by atoms with E-state index < -0.39 is 0 Å². The Bertz CT molecular complexity index is 517. The van der Waals surface area contributed by atoms with E-state index in [4.69, 9.17) is 5.73 Å². The van der Waals surface area contributed by atoms with Crippen molar-refractivity contribution in [2.24, 2.45) is 0 Å². The minimum absolute atomic E-state index is 0.552. The van der Waals surface area contributed by atoms with Crippen molar-refractivity contribution in [3.63, 3.8) is 0 Å². The molecule has 3 rings (SSSR count). The van der Waals surface area contributed by atoms with Crippen LogP contribution in [0.3, 0.4) is 0 Å². The van der Waals surface area contributed by atoms with Gasteiger partial charge in [-0.25, -0.2) is 9.97 Å². The molecule has 2 N–H and O–H groups in total. The smallest absolute Gasteiger partial charge is 0.123 e. The number of nitrogen functional groups attached to an aromatic ring is 1. The minimum atomic E-state index is 0.552. The number of nitrogens with zero attached hydrogens (tertiary/aromatic N) is 3. The van der Waals surface area contributed by atoms with Crippen molar-refractivity contribution in [1.29, 1.82) is 0 Å². The topological polar surface area (TPSA) is 56.7 Å². The van der Waals surface area contributed by atoms with Gasteiger partial charge >= 0.3 is 0 Å². The number of thioether (sulfide) groups is 1. The monoisotopic (exact) mass is 246 g/mol. The molecule has 3 heterocycles. The molecule has 0 radical (unpaired) electrons. The van der Waals surface area contributed by atoms with Crippen LogP contribution in [0.1, 0.15) is 12.5 Å². The van der Waals surface area contributed by atoms with Crippen molar-refractivity contribution in [3.05, 3.63) is 30.9 Å². The standard InChI is InChI=1S/C12H14N4S/c13-12-5-9(1-3-15-12)11-6-14-8-16(11)10-2-4-17-7-10/h1,3,5-6,8,10H,2,4,7H2,(H2,13,15). The number of aromatic nitrogens is 3. The molecular formula is C12H14N4S. The lowest BCUT2D eigenvalue weighted by molar-refractivity contribution is 0.565. The van der Waals surface area contributed by atoms with E-state index in [1.54, 1.807) is 6.20 Å². The summed E-state index contributed by atoms with van der Waals surface area (Å²) in [6.07, 6.45) is 6.78. The Hall–Kier alpha value is -1.49. The first-order valence-corrected chi connectivity index (χ1v) is 6.81. The molecule has 0 amide bonds. The second kappa shape index (κ2) is 4.41. The molecule has 1 unspecified atom stereocenters. The predicted octanol–water partition coefficient (Wildman–Crippen LogP) is 2.21. The molecule has 0 spiro atoms. The van der Waals surface area contributed by atoms with Gasteiger partial charge in [0.15, 0.2) is 0 Å². The molecule has 5 heteroatoms. The molecule has 1 saturated heterocycles. The minimum Gasteiger partial charge on any atom is -0.384 e. The maximum atomic E-state index is 5.72. The number of imidazole rings is 1. The van der Waals surface area contributed by atoms with Crippen molar-refractivity contribution in [2.45, 2.75) is 12.5 Å². The number of nitrogens with two attached hydrogens (primary N) is 1. The molecule has 17 heavy (non-hydrogen) atoms. The van der Waals surface area contributed by atoms with E-state index >= 15 is 0 Å². The van der Waals surface area contributed by atoms with Gasteiger partial charge in [-0.15, -0.1) is 0 Å². The Kier molecular flexibility index (Phi) is 2.76. The molecule has 1 aliphatic rings. The van der Waals surface area contributed by atoms with Gasteiger partial charge < -0.3 is 10.3 Å². The average molecular weight is 246 g/mol. The summed E-state index contributed by atoms with van der Waals surface area (Å²) < 4.78 is 2.26. The number of rotatable bonds is 2. The van der Waals surface area contributed by atoms with Crippen molar-refractivity contribution < 1.29 is 0 Å². The highest BCUT2D eigenvalue weighted by molar-refractivity contribution is 7.99. The van der Waals surface area contributed by atoms with Crippen LogP contribution < -0.4 is 5.73 Å². The Morgan fingerprint density at radius 3 is 3.18 bits per heavy atom. The van der Waals surface area contributed by atoms with E-state index in [-0.39, 0.29) is 0 Å². The fourth-order valence-corrected chi connectivity index (χ4v) is 3.37. The molecule has 2 aromatic heterocycles. The van der Waals surface area contributed by atoms with Gasteiger partial charge in [-0.05, 0) is 24.3 Å². The van der Waals surface area contributed by atoms with Crippen LogP contribution in [0.4, 0.5) is 5.82 Å². The van der Waals surface area contributed by atoms with E-state index in [1.165, 1.54) is 17.9 Å². The summed E-state index contributed by atoms with van der Waals surface area (Å²) in [5.74, 6) is 2.96. The second-order valence-corrected chi connectivity index (χ2v) is 5.32. The summed E-state index contributed by atoms with van der Waals surface area (Å²) >= 11 is 2.00. The summed E-state index contributed by atoms with van der Waals surface area (Å²) in [4.78, 5) is 8.29. The average Bonchev–Trinajstić information content (AvgIpc) is 3.00. The highest BCUT2D eigenvalue weighted by Gasteiger charge is 2.19. The van der Waals surface area contributed by atoms with Gasteiger partial charge in [-0.2, -0.15) is 11.8 Å². The fraction of sp³-hybridized carbons (Fsp3) is 0.333. The SMILES string of the molecule is Nc1cc(-c2cncn2C2CCSC2)ccn1. The van der Waals surface area contributed by atoms with Crippen LogP contribution in [0, 0.1) is 0 Å². The summed E-state index contributed by atoms with van der Waals surface area (Å²) in [7, 11) is 0. The number of anilines is 1. The summed E-state index contributed by atoms with van der Waals surface area (Å²) in [6.45, 7) is 0.